The lowest BCUT2D eigenvalue weighted by Crippen LogP contribution is -2.38. The van der Waals surface area contributed by atoms with E-state index in [0.29, 0.717) is 12.2 Å². The fourth-order valence-electron chi connectivity index (χ4n) is 3.69. The van der Waals surface area contributed by atoms with Crippen LogP contribution in [0.4, 0.5) is 0 Å². The van der Waals surface area contributed by atoms with Crippen LogP contribution in [-0.2, 0) is 38.0 Å². The normalized spacial score (nSPS) is 12.3. The number of carbonyl (C=O) groups is 2. The smallest absolute Gasteiger partial charge is 0.333 e. The van der Waals surface area contributed by atoms with E-state index < -0.39 is 35.5 Å². The summed E-state index contributed by atoms with van der Waals surface area (Å²) in [5.41, 5.74) is 2.44. The van der Waals surface area contributed by atoms with Crippen molar-refractivity contribution in [2.24, 2.45) is 0 Å². The average Bonchev–Trinajstić information content (AvgIpc) is 3.07. The van der Waals surface area contributed by atoms with E-state index in [1.165, 1.54) is 31.2 Å². The Labute approximate surface area is 336 Å². The van der Waals surface area contributed by atoms with Gasteiger partial charge < -0.3 is 24.2 Å². The number of hydrogen-bond acceptors (Lipinski definition) is 11. The first-order valence-corrected chi connectivity index (χ1v) is 22.2. The molecule has 0 aliphatic carbocycles. The average molecular weight is 839 g/mol. The number of halogens is 2. The van der Waals surface area contributed by atoms with Crippen LogP contribution >= 0.6 is 22.3 Å². The van der Waals surface area contributed by atoms with Gasteiger partial charge in [0, 0.05) is 42.4 Å². The second-order valence-corrected chi connectivity index (χ2v) is 19.1. The summed E-state index contributed by atoms with van der Waals surface area (Å²) in [6, 6.07) is 12.8. The SMILES string of the molecule is C=C(C)C(=O)OCCCC.CCCCOC(=O)C(C)(Cl)CS(=O)(=O)c1ccc(C)cc1.CN(C)CCN(C)CCN(C)C.Cc1ccc(S(=O)(=O)Cl)cc1. The molecule has 54 heavy (non-hydrogen) atoms. The summed E-state index contributed by atoms with van der Waals surface area (Å²) in [4.78, 5) is 28.1. The molecule has 0 aromatic heterocycles. The molecule has 0 radical (unpaired) electrons. The molecule has 2 aromatic rings. The number of esters is 2. The lowest BCUT2D eigenvalue weighted by molar-refractivity contribution is -0.146. The molecule has 310 valence electrons. The van der Waals surface area contributed by atoms with Crippen molar-refractivity contribution >= 4 is 53.1 Å². The standard InChI is InChI=1S/C15H21ClO4S.C9H23N3.C8H14O2.C7H7ClO2S/c1-4-5-10-20-14(17)15(3,16)11-21(18,19)13-8-6-12(2)7-9-13;1-10(2)6-8-12(5)9-7-11(3)4;1-4-5-6-10-8(9)7(2)3;1-6-2-4-7(5-3-6)11(8,9)10/h6-9H,4-5,10-11H2,1-3H3;6-9H2,1-5H3;2,4-6H2,1,3H3;2-5H,1H3. The van der Waals surface area contributed by atoms with E-state index in [1.54, 1.807) is 31.2 Å². The Bertz CT molecular complexity index is 1570. The molecule has 0 aliphatic rings. The van der Waals surface area contributed by atoms with Gasteiger partial charge >= 0.3 is 11.9 Å². The first-order valence-electron chi connectivity index (χ1n) is 17.9. The van der Waals surface area contributed by atoms with Gasteiger partial charge in [-0.2, -0.15) is 0 Å². The fourth-order valence-corrected chi connectivity index (χ4v) is 6.50. The Hall–Kier alpha value is -2.52. The molecule has 2 rings (SSSR count). The zero-order valence-corrected chi connectivity index (χ0v) is 37.4. The Kier molecular flexibility index (Phi) is 27.7. The molecule has 1 unspecified atom stereocenters. The molecule has 0 spiro atoms. The summed E-state index contributed by atoms with van der Waals surface area (Å²) in [5, 5.41) is 0. The van der Waals surface area contributed by atoms with Crippen molar-refractivity contribution in [2.45, 2.75) is 81.9 Å². The predicted molar refractivity (Wildman–Crippen MR) is 223 cm³/mol. The molecule has 15 heteroatoms. The molecule has 0 amide bonds. The van der Waals surface area contributed by atoms with Gasteiger partial charge in [-0.25, -0.2) is 21.6 Å². The maximum atomic E-state index is 12.3. The zero-order chi connectivity index (χ0) is 42.1. The van der Waals surface area contributed by atoms with Crippen molar-refractivity contribution in [3.05, 3.63) is 71.8 Å². The van der Waals surface area contributed by atoms with Crippen molar-refractivity contribution in [3.8, 4) is 0 Å². The molecule has 0 bridgehead atoms. The topological polar surface area (TPSA) is 131 Å². The number of ether oxygens (including phenoxy) is 2. The van der Waals surface area contributed by atoms with Crippen LogP contribution in [0.25, 0.3) is 0 Å². The summed E-state index contributed by atoms with van der Waals surface area (Å²) < 4.78 is 55.8. The van der Waals surface area contributed by atoms with Crippen molar-refractivity contribution in [1.82, 2.24) is 14.7 Å². The summed E-state index contributed by atoms with van der Waals surface area (Å²) in [7, 11) is 8.51. The molecule has 0 N–H and O–H groups in total. The number of likely N-dealkylation sites (N-methyl/N-ethyl adjacent to an activating group) is 3. The lowest BCUT2D eigenvalue weighted by atomic mass is 10.2. The first-order chi connectivity index (χ1) is 24.9. The van der Waals surface area contributed by atoms with Crippen LogP contribution in [0.3, 0.4) is 0 Å². The summed E-state index contributed by atoms with van der Waals surface area (Å²) in [6.07, 6.45) is 3.58. The number of benzene rings is 2. The third-order valence-corrected chi connectivity index (χ3v) is 11.0. The number of nitrogens with zero attached hydrogens (tertiary/aromatic N) is 3. The third-order valence-electron chi connectivity index (χ3n) is 7.24. The number of rotatable bonds is 18. The molecule has 0 saturated carbocycles. The first kappa shape index (κ1) is 53.6. The highest BCUT2D eigenvalue weighted by Gasteiger charge is 2.38. The highest BCUT2D eigenvalue weighted by atomic mass is 35.7. The van der Waals surface area contributed by atoms with Crippen LogP contribution in [0, 0.1) is 13.8 Å². The third kappa shape index (κ3) is 27.1. The lowest BCUT2D eigenvalue weighted by Gasteiger charge is -2.20. The minimum absolute atomic E-state index is 0.143. The van der Waals surface area contributed by atoms with Gasteiger partial charge in [0.15, 0.2) is 14.7 Å². The van der Waals surface area contributed by atoms with Crippen molar-refractivity contribution in [1.29, 1.82) is 0 Å². The van der Waals surface area contributed by atoms with Gasteiger partial charge in [-0.15, -0.1) is 11.6 Å². The molecule has 0 aliphatic heterocycles. The zero-order valence-electron chi connectivity index (χ0n) is 34.3. The second-order valence-electron chi connectivity index (χ2n) is 13.7. The summed E-state index contributed by atoms with van der Waals surface area (Å²) in [6.45, 7) is 19.6. The van der Waals surface area contributed by atoms with Crippen LogP contribution in [0.2, 0.25) is 0 Å². The molecule has 1 atom stereocenters. The molecular formula is C39H65Cl2N3O8S2. The fraction of sp³-hybridized carbons (Fsp3) is 0.590. The highest BCUT2D eigenvalue weighted by Crippen LogP contribution is 2.24. The van der Waals surface area contributed by atoms with E-state index in [9.17, 15) is 26.4 Å². The molecule has 0 saturated heterocycles. The Morgan fingerprint density at radius 3 is 1.46 bits per heavy atom. The van der Waals surface area contributed by atoms with E-state index in [0.717, 1.165) is 63.0 Å². The number of sulfone groups is 1. The van der Waals surface area contributed by atoms with Gasteiger partial charge in [0.25, 0.3) is 9.05 Å². The number of aryl methyl sites for hydroxylation is 2. The van der Waals surface area contributed by atoms with E-state index in [1.807, 2.05) is 20.8 Å². The van der Waals surface area contributed by atoms with E-state index in [-0.39, 0.29) is 22.4 Å². The van der Waals surface area contributed by atoms with E-state index in [2.05, 4.69) is 63.4 Å². The monoisotopic (exact) mass is 837 g/mol. The Morgan fingerprint density at radius 1 is 0.722 bits per heavy atom. The van der Waals surface area contributed by atoms with E-state index in [4.69, 9.17) is 31.8 Å². The summed E-state index contributed by atoms with van der Waals surface area (Å²) >= 11 is 6.08. The number of hydrogen-bond donors (Lipinski definition) is 0. The molecule has 0 heterocycles. The molecule has 2 aromatic carbocycles. The number of carbonyl (C=O) groups excluding carboxylic acids is 2. The quantitative estimate of drug-likeness (QED) is 0.0507. The minimum Gasteiger partial charge on any atom is -0.464 e. The molecule has 0 fully saturated rings. The highest BCUT2D eigenvalue weighted by molar-refractivity contribution is 8.13. The van der Waals surface area contributed by atoms with Crippen LogP contribution < -0.4 is 0 Å². The summed E-state index contributed by atoms with van der Waals surface area (Å²) in [5.74, 6) is -1.47. The molecular weight excluding hydrogens is 773 g/mol. The van der Waals surface area contributed by atoms with Gasteiger partial charge in [-0.3, -0.25) is 4.79 Å². The Morgan fingerprint density at radius 2 is 1.11 bits per heavy atom. The van der Waals surface area contributed by atoms with Gasteiger partial charge in [0.2, 0.25) is 0 Å². The number of unbranched alkanes of at least 4 members (excludes halogenated alkanes) is 2. The van der Waals surface area contributed by atoms with Crippen molar-refractivity contribution < 1.29 is 35.9 Å². The maximum Gasteiger partial charge on any atom is 0.333 e. The van der Waals surface area contributed by atoms with Crippen LogP contribution in [0.5, 0.6) is 0 Å². The second kappa shape index (κ2) is 28.0. The van der Waals surface area contributed by atoms with Crippen LogP contribution in [0.15, 0.2) is 70.5 Å². The maximum absolute atomic E-state index is 12.3. The van der Waals surface area contributed by atoms with Crippen LogP contribution in [-0.4, -0.2) is 129 Å². The van der Waals surface area contributed by atoms with Gasteiger partial charge in [0.1, 0.15) is 0 Å². The minimum atomic E-state index is -3.64. The Balaban J connectivity index is 0. The van der Waals surface area contributed by atoms with Crippen LogP contribution in [0.1, 0.15) is 64.5 Å². The van der Waals surface area contributed by atoms with Gasteiger partial charge in [-0.1, -0.05) is 68.7 Å². The molecule has 11 nitrogen and oxygen atoms in total. The van der Waals surface area contributed by atoms with Gasteiger partial charge in [-0.05, 0) is 100 Å². The van der Waals surface area contributed by atoms with Crippen molar-refractivity contribution in [3.63, 3.8) is 0 Å². The predicted octanol–water partition coefficient (Wildman–Crippen LogP) is 6.98. The largest absolute Gasteiger partial charge is 0.464 e. The van der Waals surface area contributed by atoms with Gasteiger partial charge in [0.05, 0.1) is 28.8 Å². The van der Waals surface area contributed by atoms with Crippen molar-refractivity contribution in [2.75, 3.05) is 80.4 Å². The van der Waals surface area contributed by atoms with E-state index >= 15 is 0 Å². The number of alkyl halides is 1.